The molecule has 0 aromatic carbocycles. The number of hydrogen-bond acceptors (Lipinski definition) is 4. The first-order valence-corrected chi connectivity index (χ1v) is 7.96. The standard InChI is InChI=1S/C4H11O3P.C2H5.CH2O3.K/c1-3-6-8(5)7-4-2;1-2;2-1(3)4;/h5H,3-4H2,1-2H3;1H2,2H3;(H2,2,3,4);. The maximum Gasteiger partial charge on any atom is 0.503 e. The van der Waals surface area contributed by atoms with Crippen molar-refractivity contribution in [2.45, 2.75) is 21.3 Å². The summed E-state index contributed by atoms with van der Waals surface area (Å²) >= 11 is 1.10. The van der Waals surface area contributed by atoms with E-state index in [-0.39, 0.29) is 0 Å². The molecular formula is C7H18KO6P. The molecular weight excluding hydrogens is 250 g/mol. The molecule has 3 N–H and O–H groups in total. The molecule has 0 aliphatic heterocycles. The average molecular weight is 268 g/mol. The van der Waals surface area contributed by atoms with Crippen molar-refractivity contribution in [1.82, 2.24) is 0 Å². The van der Waals surface area contributed by atoms with Gasteiger partial charge in [-0.05, 0) is 13.8 Å². The van der Waals surface area contributed by atoms with Gasteiger partial charge in [-0.15, -0.1) is 0 Å². The molecule has 0 aromatic rings. The molecule has 0 aromatic heterocycles. The van der Waals surface area contributed by atoms with Crippen LogP contribution in [0, 0.1) is 0 Å². The summed E-state index contributed by atoms with van der Waals surface area (Å²) in [7, 11) is -1.58. The van der Waals surface area contributed by atoms with Crippen molar-refractivity contribution in [3.8, 4) is 0 Å². The molecule has 0 amide bonds. The predicted molar refractivity (Wildman–Crippen MR) is 59.3 cm³/mol. The molecule has 8 heteroatoms. The van der Waals surface area contributed by atoms with Crippen LogP contribution in [0.1, 0.15) is 20.8 Å². The van der Waals surface area contributed by atoms with Gasteiger partial charge < -0.3 is 24.2 Å². The second kappa shape index (κ2) is 20.6. The monoisotopic (exact) mass is 268 g/mol. The molecule has 0 saturated heterocycles. The number of rotatable bonds is 4. The van der Waals surface area contributed by atoms with Gasteiger partial charge in [0.15, 0.2) is 0 Å². The molecule has 0 unspecified atom stereocenters. The van der Waals surface area contributed by atoms with E-state index >= 15 is 0 Å². The summed E-state index contributed by atoms with van der Waals surface area (Å²) in [4.78, 5) is 17.2. The third-order valence-corrected chi connectivity index (χ3v) is 1.44. The van der Waals surface area contributed by atoms with Crippen LogP contribution in [0.5, 0.6) is 0 Å². The maximum absolute atomic E-state index is 8.67. The Balaban J connectivity index is -0.000000173. The van der Waals surface area contributed by atoms with Gasteiger partial charge in [0.2, 0.25) is 0 Å². The van der Waals surface area contributed by atoms with Crippen molar-refractivity contribution in [3.05, 3.63) is 0 Å². The molecule has 0 heterocycles. The summed E-state index contributed by atoms with van der Waals surface area (Å²) in [6.45, 7) is 6.83. The quantitative estimate of drug-likeness (QED) is 0.533. The Bertz CT molecular complexity index is 116. The fourth-order valence-corrected chi connectivity index (χ4v) is 0.774. The smallest absolute Gasteiger partial charge is 0.450 e. The number of hydrogen-bond donors (Lipinski definition) is 3. The van der Waals surface area contributed by atoms with Crippen molar-refractivity contribution in [1.29, 1.82) is 0 Å². The molecule has 0 radical (unpaired) electrons. The van der Waals surface area contributed by atoms with Crippen LogP contribution in [0.2, 0.25) is 0.515 Å². The zero-order chi connectivity index (χ0) is 12.7. The van der Waals surface area contributed by atoms with E-state index in [4.69, 9.17) is 19.9 Å². The third kappa shape index (κ3) is 51.0. The van der Waals surface area contributed by atoms with E-state index in [0.717, 1.165) is 49.0 Å². The Hall–Kier alpha value is 1.22. The SMILES string of the molecule is CCOP(O)OCC.C[CH2][K].O=C(O)O. The van der Waals surface area contributed by atoms with Crippen LogP contribution < -0.4 is 0 Å². The third-order valence-electron chi connectivity index (χ3n) is 0.479. The second-order valence-electron chi connectivity index (χ2n) is 2.06. The Morgan fingerprint density at radius 1 is 1.20 bits per heavy atom. The Morgan fingerprint density at radius 3 is 1.53 bits per heavy atom. The first-order chi connectivity index (χ1) is 6.95. The van der Waals surface area contributed by atoms with E-state index in [2.05, 4.69) is 16.0 Å². The van der Waals surface area contributed by atoms with Gasteiger partial charge in [0.25, 0.3) is 0 Å². The molecule has 0 spiro atoms. The fourth-order valence-electron chi connectivity index (χ4n) is 0.258. The summed E-state index contributed by atoms with van der Waals surface area (Å²) in [6, 6.07) is 0. The van der Waals surface area contributed by atoms with Gasteiger partial charge in [0.1, 0.15) is 0 Å². The van der Waals surface area contributed by atoms with E-state index in [1.165, 1.54) is 0.515 Å². The summed E-state index contributed by atoms with van der Waals surface area (Å²) < 4.78 is 10.8. The van der Waals surface area contributed by atoms with Crippen LogP contribution in [0.25, 0.3) is 0 Å². The number of carboxylic acid groups (broad SMARTS) is 2. The van der Waals surface area contributed by atoms with Crippen molar-refractivity contribution in [2.24, 2.45) is 0 Å². The van der Waals surface area contributed by atoms with Crippen LogP contribution >= 0.6 is 8.60 Å². The molecule has 0 atom stereocenters. The minimum Gasteiger partial charge on any atom is -0.450 e. The molecule has 88 valence electrons. The van der Waals surface area contributed by atoms with Crippen LogP contribution in [-0.4, -0.2) is 83.4 Å². The normalized spacial score (nSPS) is 8.47. The van der Waals surface area contributed by atoms with E-state index in [1.807, 2.05) is 13.8 Å². The topological polar surface area (TPSA) is 96.2 Å². The van der Waals surface area contributed by atoms with Crippen LogP contribution in [-0.2, 0) is 9.05 Å². The Labute approximate surface area is 126 Å². The minimum absolute atomic E-state index is 0.502. The summed E-state index contributed by atoms with van der Waals surface area (Å²) in [6.07, 6.45) is -1.83. The molecule has 15 heavy (non-hydrogen) atoms. The van der Waals surface area contributed by atoms with Crippen LogP contribution in [0.4, 0.5) is 4.79 Å². The molecule has 0 aliphatic carbocycles. The van der Waals surface area contributed by atoms with Crippen molar-refractivity contribution in [2.75, 3.05) is 13.2 Å². The van der Waals surface area contributed by atoms with Crippen molar-refractivity contribution in [3.63, 3.8) is 0 Å². The maximum atomic E-state index is 8.67. The zero-order valence-electron chi connectivity index (χ0n) is 9.63. The molecule has 0 saturated carbocycles. The van der Waals surface area contributed by atoms with Gasteiger partial charge in [-0.1, -0.05) is 0 Å². The summed E-state index contributed by atoms with van der Waals surface area (Å²) in [5.74, 6) is 0. The molecule has 0 bridgehead atoms. The van der Waals surface area contributed by atoms with E-state index in [0.29, 0.717) is 13.2 Å². The fraction of sp³-hybridized carbons (Fsp3) is 0.857. The summed E-state index contributed by atoms with van der Waals surface area (Å²) in [5.41, 5.74) is 0. The van der Waals surface area contributed by atoms with E-state index in [1.54, 1.807) is 0 Å². The molecule has 6 nitrogen and oxygen atoms in total. The van der Waals surface area contributed by atoms with Crippen molar-refractivity contribution < 1.29 is 28.9 Å². The van der Waals surface area contributed by atoms with Gasteiger partial charge >= 0.3 is 71.2 Å². The van der Waals surface area contributed by atoms with Crippen LogP contribution in [0.15, 0.2) is 0 Å². The van der Waals surface area contributed by atoms with Crippen LogP contribution in [0.3, 0.4) is 0 Å². The first kappa shape index (κ1) is 21.5. The Morgan fingerprint density at radius 2 is 1.40 bits per heavy atom. The van der Waals surface area contributed by atoms with Crippen molar-refractivity contribution >= 4 is 63.7 Å². The van der Waals surface area contributed by atoms with Gasteiger partial charge in [0, 0.05) is 0 Å². The molecule has 0 rings (SSSR count). The van der Waals surface area contributed by atoms with Gasteiger partial charge in [-0.2, -0.15) is 0 Å². The minimum atomic E-state index is -1.83. The molecule has 0 fully saturated rings. The van der Waals surface area contributed by atoms with Gasteiger partial charge in [-0.25, -0.2) is 4.79 Å². The van der Waals surface area contributed by atoms with Gasteiger partial charge in [-0.3, -0.25) is 0 Å². The van der Waals surface area contributed by atoms with E-state index in [9.17, 15) is 0 Å². The predicted octanol–water partition coefficient (Wildman–Crippen LogP) is 2.09. The number of carbonyl (C=O) groups is 1. The van der Waals surface area contributed by atoms with E-state index < -0.39 is 14.8 Å². The second-order valence-corrected chi connectivity index (χ2v) is 5.26. The largest absolute Gasteiger partial charge is 0.503 e. The van der Waals surface area contributed by atoms with Gasteiger partial charge in [0.05, 0.1) is 13.2 Å². The molecule has 0 aliphatic rings. The summed E-state index contributed by atoms with van der Waals surface area (Å²) in [5, 5.41) is 13.9. The zero-order valence-corrected chi connectivity index (χ0v) is 13.7. The average Bonchev–Trinajstić information content (AvgIpc) is 2.05. The Kier molecular flexibility index (Phi) is 29.5. The first-order valence-electron chi connectivity index (χ1n) is 4.62.